The van der Waals surface area contributed by atoms with Gasteiger partial charge in [0.2, 0.25) is 0 Å². The van der Waals surface area contributed by atoms with E-state index in [0.29, 0.717) is 26.0 Å². The largest absolute Gasteiger partial charge is 0.478 e. The van der Waals surface area contributed by atoms with Crippen LogP contribution in [0.4, 0.5) is 0 Å². The molecule has 0 aromatic heterocycles. The molecule has 4 nitrogen and oxygen atoms in total. The van der Waals surface area contributed by atoms with Crippen LogP contribution < -0.4 is 4.74 Å². The first kappa shape index (κ1) is 14.6. The Balaban J connectivity index is 2.37. The van der Waals surface area contributed by atoms with Gasteiger partial charge < -0.3 is 9.84 Å². The summed E-state index contributed by atoms with van der Waals surface area (Å²) in [5.41, 5.74) is 0.635. The van der Waals surface area contributed by atoms with E-state index in [1.165, 1.54) is 12.1 Å². The van der Waals surface area contributed by atoms with Crippen LogP contribution in [-0.2, 0) is 0 Å². The summed E-state index contributed by atoms with van der Waals surface area (Å²) in [7, 11) is 0. The van der Waals surface area contributed by atoms with Crippen molar-refractivity contribution in [1.29, 1.82) is 5.26 Å². The molecule has 0 bridgehead atoms. The van der Waals surface area contributed by atoms with Gasteiger partial charge in [-0.1, -0.05) is 0 Å². The van der Waals surface area contributed by atoms with Crippen molar-refractivity contribution in [2.24, 2.45) is 0 Å². The lowest BCUT2D eigenvalue weighted by Gasteiger charge is -2.10. The molecule has 0 aliphatic heterocycles. The van der Waals surface area contributed by atoms with E-state index < -0.39 is 5.97 Å². The van der Waals surface area contributed by atoms with Gasteiger partial charge in [-0.25, -0.2) is 4.79 Å². The summed E-state index contributed by atoms with van der Waals surface area (Å²) >= 11 is 6.61. The molecule has 0 fully saturated rings. The number of rotatable bonds is 3. The molecule has 0 spiro atoms. The van der Waals surface area contributed by atoms with Gasteiger partial charge in [-0.15, -0.1) is 0 Å². The zero-order valence-corrected chi connectivity index (χ0v) is 13.1. The second kappa shape index (κ2) is 6.07. The minimum absolute atomic E-state index is 0.132. The number of carboxylic acid groups (broad SMARTS) is 1. The second-order valence-corrected chi connectivity index (χ2v) is 5.52. The van der Waals surface area contributed by atoms with Crippen LogP contribution in [0.25, 0.3) is 0 Å². The number of ether oxygens (including phenoxy) is 1. The number of carbonyl (C=O) groups is 1. The van der Waals surface area contributed by atoms with Gasteiger partial charge in [0.05, 0.1) is 26.1 Å². The maximum absolute atomic E-state index is 11.0. The first-order valence-corrected chi connectivity index (χ1v) is 7.00. The summed E-state index contributed by atoms with van der Waals surface area (Å²) in [6, 6.07) is 11.4. The maximum atomic E-state index is 11.0. The molecule has 0 aliphatic carbocycles. The average Bonchev–Trinajstić information content (AvgIpc) is 2.42. The zero-order valence-electron chi connectivity index (χ0n) is 9.93. The molecule has 0 unspecified atom stereocenters. The lowest BCUT2D eigenvalue weighted by Crippen LogP contribution is -1.97. The van der Waals surface area contributed by atoms with Gasteiger partial charge in [-0.05, 0) is 68.3 Å². The van der Waals surface area contributed by atoms with Gasteiger partial charge >= 0.3 is 5.97 Å². The first-order valence-electron chi connectivity index (χ1n) is 5.41. The lowest BCUT2D eigenvalue weighted by atomic mass is 10.2. The van der Waals surface area contributed by atoms with Crippen LogP contribution in [0.1, 0.15) is 15.9 Å². The Morgan fingerprint density at radius 1 is 1.10 bits per heavy atom. The number of hydrogen-bond donors (Lipinski definition) is 1. The van der Waals surface area contributed by atoms with Gasteiger partial charge in [0.25, 0.3) is 0 Å². The third-order valence-electron chi connectivity index (χ3n) is 2.46. The van der Waals surface area contributed by atoms with Crippen LogP contribution in [0.5, 0.6) is 11.5 Å². The monoisotopic (exact) mass is 395 g/mol. The van der Waals surface area contributed by atoms with Crippen molar-refractivity contribution in [3.63, 3.8) is 0 Å². The molecule has 2 aromatic carbocycles. The number of benzene rings is 2. The van der Waals surface area contributed by atoms with E-state index in [0.717, 1.165) is 0 Å². The molecule has 0 aliphatic rings. The third-order valence-corrected chi connectivity index (χ3v) is 3.73. The van der Waals surface area contributed by atoms with Crippen molar-refractivity contribution in [2.45, 2.75) is 0 Å². The highest BCUT2D eigenvalue weighted by atomic mass is 79.9. The van der Waals surface area contributed by atoms with Crippen LogP contribution in [0, 0.1) is 11.3 Å². The van der Waals surface area contributed by atoms with Gasteiger partial charge in [-0.3, -0.25) is 0 Å². The molecular formula is C14H7Br2NO3. The molecule has 0 radical (unpaired) electrons. The molecule has 0 atom stereocenters. The highest BCUT2D eigenvalue weighted by Gasteiger charge is 2.11. The maximum Gasteiger partial charge on any atom is 0.335 e. The fraction of sp³-hybridized carbons (Fsp3) is 0. The number of aromatic carboxylic acids is 1. The molecule has 0 amide bonds. The molecule has 6 heteroatoms. The van der Waals surface area contributed by atoms with Gasteiger partial charge in [-0.2, -0.15) is 5.26 Å². The molecule has 2 rings (SSSR count). The minimum atomic E-state index is -1.03. The van der Waals surface area contributed by atoms with Gasteiger partial charge in [0, 0.05) is 0 Å². The average molecular weight is 397 g/mol. The highest BCUT2D eigenvalue weighted by molar-refractivity contribution is 9.11. The number of carboxylic acids is 1. The number of nitriles is 1. The molecule has 0 saturated carbocycles. The number of halogens is 2. The number of nitrogens with zero attached hydrogens (tertiary/aromatic N) is 1. The molecular weight excluding hydrogens is 390 g/mol. The lowest BCUT2D eigenvalue weighted by molar-refractivity contribution is 0.0696. The van der Waals surface area contributed by atoms with Crippen LogP contribution in [-0.4, -0.2) is 11.1 Å². The van der Waals surface area contributed by atoms with Crippen LogP contribution in [0.3, 0.4) is 0 Å². The van der Waals surface area contributed by atoms with E-state index in [-0.39, 0.29) is 5.56 Å². The normalized spacial score (nSPS) is 9.85. The standard InChI is InChI=1S/C14H7Br2NO3/c15-10-3-2-9(14(18)19)6-13(10)20-12-4-1-8(7-17)5-11(12)16/h1-6H,(H,18,19). The van der Waals surface area contributed by atoms with Crippen molar-refractivity contribution in [3.8, 4) is 17.6 Å². The van der Waals surface area contributed by atoms with E-state index >= 15 is 0 Å². The summed E-state index contributed by atoms with van der Waals surface area (Å²) < 4.78 is 6.92. The van der Waals surface area contributed by atoms with Crippen LogP contribution >= 0.6 is 31.9 Å². The van der Waals surface area contributed by atoms with E-state index in [2.05, 4.69) is 31.9 Å². The van der Waals surface area contributed by atoms with Crippen LogP contribution in [0.15, 0.2) is 45.3 Å². The van der Waals surface area contributed by atoms with E-state index in [1.54, 1.807) is 24.3 Å². The highest BCUT2D eigenvalue weighted by Crippen LogP contribution is 2.34. The number of hydrogen-bond acceptors (Lipinski definition) is 3. The topological polar surface area (TPSA) is 70.3 Å². The summed E-state index contributed by atoms with van der Waals surface area (Å²) in [6.07, 6.45) is 0. The van der Waals surface area contributed by atoms with Crippen molar-refractivity contribution in [1.82, 2.24) is 0 Å². The second-order valence-electron chi connectivity index (χ2n) is 3.81. The van der Waals surface area contributed by atoms with Crippen molar-refractivity contribution in [2.75, 3.05) is 0 Å². The van der Waals surface area contributed by atoms with E-state index in [4.69, 9.17) is 15.1 Å². The fourth-order valence-electron chi connectivity index (χ4n) is 1.49. The van der Waals surface area contributed by atoms with Crippen molar-refractivity contribution < 1.29 is 14.6 Å². The molecule has 100 valence electrons. The third kappa shape index (κ3) is 3.18. The predicted octanol–water partition coefficient (Wildman–Crippen LogP) is 4.57. The fourth-order valence-corrected chi connectivity index (χ4v) is 2.27. The van der Waals surface area contributed by atoms with Crippen molar-refractivity contribution in [3.05, 3.63) is 56.5 Å². The Labute approximate surface area is 131 Å². The Bertz CT molecular complexity index is 723. The van der Waals surface area contributed by atoms with Gasteiger partial charge in [0.1, 0.15) is 11.5 Å². The Hall–Kier alpha value is -1.84. The molecule has 2 aromatic rings. The quantitative estimate of drug-likeness (QED) is 0.824. The molecule has 0 saturated heterocycles. The summed E-state index contributed by atoms with van der Waals surface area (Å²) in [6.45, 7) is 0. The SMILES string of the molecule is N#Cc1ccc(Oc2cc(C(=O)O)ccc2Br)c(Br)c1. The Kier molecular flexibility index (Phi) is 4.42. The van der Waals surface area contributed by atoms with Crippen molar-refractivity contribution >= 4 is 37.8 Å². The predicted molar refractivity (Wildman–Crippen MR) is 80.0 cm³/mol. The summed E-state index contributed by atoms with van der Waals surface area (Å²) in [5, 5.41) is 17.8. The Morgan fingerprint density at radius 2 is 1.85 bits per heavy atom. The molecule has 20 heavy (non-hydrogen) atoms. The minimum Gasteiger partial charge on any atom is -0.478 e. The molecule has 0 heterocycles. The Morgan fingerprint density at radius 3 is 2.45 bits per heavy atom. The van der Waals surface area contributed by atoms with Gasteiger partial charge in [0.15, 0.2) is 0 Å². The first-order chi connectivity index (χ1) is 9.51. The van der Waals surface area contributed by atoms with E-state index in [1.807, 2.05) is 6.07 Å². The zero-order chi connectivity index (χ0) is 14.7. The van der Waals surface area contributed by atoms with E-state index in [9.17, 15) is 4.79 Å². The van der Waals surface area contributed by atoms with Crippen LogP contribution in [0.2, 0.25) is 0 Å². The summed E-state index contributed by atoms with van der Waals surface area (Å²) in [4.78, 5) is 11.0. The molecule has 1 N–H and O–H groups in total. The smallest absolute Gasteiger partial charge is 0.335 e. The summed E-state index contributed by atoms with van der Waals surface area (Å²) in [5.74, 6) is -0.149.